The number of amides is 3. The summed E-state index contributed by atoms with van der Waals surface area (Å²) < 4.78 is 0. The molecular weight excluding hydrogens is 518 g/mol. The number of hydrogen-bond donors (Lipinski definition) is 9. The van der Waals surface area contributed by atoms with Gasteiger partial charge >= 0.3 is 17.9 Å². The summed E-state index contributed by atoms with van der Waals surface area (Å²) >= 11 is 0. The Morgan fingerprint density at radius 3 is 1.72 bits per heavy atom. The molecule has 0 radical (unpaired) electrons. The molecule has 0 aliphatic carbocycles. The minimum absolute atomic E-state index is 0.0697. The lowest BCUT2D eigenvalue weighted by Gasteiger charge is -2.24. The van der Waals surface area contributed by atoms with Crippen LogP contribution in [-0.4, -0.2) is 87.6 Å². The van der Waals surface area contributed by atoms with Crippen molar-refractivity contribution in [1.82, 2.24) is 16.0 Å². The quantitative estimate of drug-likeness (QED) is 0.0535. The number of nitrogens with one attached hydrogen (secondary N) is 3. The lowest BCUT2D eigenvalue weighted by Crippen LogP contribution is -2.58. The second kappa shape index (κ2) is 16.2. The van der Waals surface area contributed by atoms with Crippen LogP contribution in [0.25, 0.3) is 0 Å². The van der Waals surface area contributed by atoms with Crippen molar-refractivity contribution in [1.29, 1.82) is 0 Å². The van der Waals surface area contributed by atoms with Crippen LogP contribution < -0.4 is 33.2 Å². The molecule has 0 aliphatic rings. The van der Waals surface area contributed by atoms with Gasteiger partial charge in [0, 0.05) is 6.54 Å². The molecule has 16 nitrogen and oxygen atoms in total. The zero-order valence-electron chi connectivity index (χ0n) is 20.9. The second-order valence-corrected chi connectivity index (χ2v) is 8.46. The Morgan fingerprint density at radius 2 is 1.26 bits per heavy atom. The molecule has 16 heteroatoms. The Kier molecular flexibility index (Phi) is 13.4. The molecular formula is C23H33N7O9. The van der Waals surface area contributed by atoms with Gasteiger partial charge < -0.3 is 48.5 Å². The molecule has 39 heavy (non-hydrogen) atoms. The van der Waals surface area contributed by atoms with Crippen LogP contribution in [0.4, 0.5) is 0 Å². The van der Waals surface area contributed by atoms with E-state index in [4.69, 9.17) is 17.2 Å². The number of rotatable bonds is 17. The summed E-state index contributed by atoms with van der Waals surface area (Å²) in [6.45, 7) is 0.0697. The molecule has 0 aromatic heterocycles. The van der Waals surface area contributed by atoms with E-state index in [1.165, 1.54) is 0 Å². The molecule has 0 heterocycles. The van der Waals surface area contributed by atoms with E-state index in [9.17, 15) is 44.1 Å². The van der Waals surface area contributed by atoms with Gasteiger partial charge in [0.25, 0.3) is 0 Å². The van der Waals surface area contributed by atoms with Crippen molar-refractivity contribution in [3.63, 3.8) is 0 Å². The molecule has 0 fully saturated rings. The summed E-state index contributed by atoms with van der Waals surface area (Å²) in [5, 5.41) is 34.2. The molecule has 1 rings (SSSR count). The van der Waals surface area contributed by atoms with Gasteiger partial charge in [-0.2, -0.15) is 0 Å². The summed E-state index contributed by atoms with van der Waals surface area (Å²) in [6, 6.07) is 2.54. The first-order valence-corrected chi connectivity index (χ1v) is 11.7. The highest BCUT2D eigenvalue weighted by molar-refractivity contribution is 5.96. The number of aliphatic imine (C=N–C) groups is 1. The van der Waals surface area contributed by atoms with Crippen LogP contribution in [-0.2, 0) is 35.2 Å². The predicted molar refractivity (Wildman–Crippen MR) is 136 cm³/mol. The fraction of sp³-hybridized carbons (Fsp3) is 0.435. The fourth-order valence-corrected chi connectivity index (χ4v) is 3.31. The van der Waals surface area contributed by atoms with Gasteiger partial charge in [0.1, 0.15) is 18.1 Å². The molecule has 0 aliphatic heterocycles. The van der Waals surface area contributed by atoms with Crippen LogP contribution in [0.5, 0.6) is 0 Å². The van der Waals surface area contributed by atoms with E-state index >= 15 is 0 Å². The van der Waals surface area contributed by atoms with Gasteiger partial charge in [-0.05, 0) is 24.8 Å². The normalized spacial score (nSPS) is 13.6. The second-order valence-electron chi connectivity index (χ2n) is 8.46. The smallest absolute Gasteiger partial charge is 0.326 e. The highest BCUT2D eigenvalue weighted by Gasteiger charge is 2.32. The first-order chi connectivity index (χ1) is 18.3. The average molecular weight is 552 g/mol. The van der Waals surface area contributed by atoms with Crippen molar-refractivity contribution in [2.45, 2.75) is 56.3 Å². The summed E-state index contributed by atoms with van der Waals surface area (Å²) in [4.78, 5) is 76.0. The molecule has 0 bridgehead atoms. The van der Waals surface area contributed by atoms with E-state index in [1.54, 1.807) is 30.3 Å². The highest BCUT2D eigenvalue weighted by atomic mass is 16.4. The standard InChI is InChI=1S/C23H33N7O9/c24-13(9-12-5-2-1-3-6-12)19(35)29-15(10-17(31)32)21(37)30-16(11-18(33)34)20(36)28-14(22(38)39)7-4-8-27-23(25)26/h1-3,5-6,13-16H,4,7-11,24H2,(H,28,36)(H,29,35)(H,30,37)(H,31,32)(H,33,34)(H,38,39)(H4,25,26,27). The Hall–Kier alpha value is -4.73. The summed E-state index contributed by atoms with van der Waals surface area (Å²) in [6.07, 6.45) is -1.75. The SMILES string of the molecule is NC(N)=NCCCC(NC(=O)C(CC(=O)O)NC(=O)C(CC(=O)O)NC(=O)C(N)Cc1ccccc1)C(=O)O. The maximum Gasteiger partial charge on any atom is 0.326 e. The van der Waals surface area contributed by atoms with Crippen LogP contribution >= 0.6 is 0 Å². The van der Waals surface area contributed by atoms with E-state index in [-0.39, 0.29) is 31.8 Å². The van der Waals surface area contributed by atoms with E-state index in [0.717, 1.165) is 0 Å². The summed E-state index contributed by atoms with van der Waals surface area (Å²) in [5.74, 6) is -7.82. The van der Waals surface area contributed by atoms with Crippen molar-refractivity contribution < 1.29 is 44.1 Å². The molecule has 0 saturated heterocycles. The Labute approximate surface area is 223 Å². The molecule has 12 N–H and O–H groups in total. The highest BCUT2D eigenvalue weighted by Crippen LogP contribution is 2.05. The number of nitrogens with zero attached hydrogens (tertiary/aromatic N) is 1. The zero-order valence-corrected chi connectivity index (χ0v) is 20.9. The maximum absolute atomic E-state index is 12.8. The number of benzene rings is 1. The molecule has 1 aromatic rings. The third-order valence-electron chi connectivity index (χ3n) is 5.22. The zero-order chi connectivity index (χ0) is 29.5. The first-order valence-electron chi connectivity index (χ1n) is 11.7. The molecule has 0 saturated carbocycles. The van der Waals surface area contributed by atoms with Gasteiger partial charge in [0.05, 0.1) is 18.9 Å². The van der Waals surface area contributed by atoms with Crippen LogP contribution in [0, 0.1) is 0 Å². The number of guanidine groups is 1. The third kappa shape index (κ3) is 12.9. The van der Waals surface area contributed by atoms with Crippen molar-refractivity contribution in [3.05, 3.63) is 35.9 Å². The molecule has 0 spiro atoms. The fourth-order valence-electron chi connectivity index (χ4n) is 3.31. The number of carboxylic acid groups (broad SMARTS) is 3. The number of carbonyl (C=O) groups excluding carboxylic acids is 3. The number of hydrogen-bond acceptors (Lipinski definition) is 8. The topological polar surface area (TPSA) is 290 Å². The Morgan fingerprint density at radius 1 is 0.769 bits per heavy atom. The largest absolute Gasteiger partial charge is 0.481 e. The van der Waals surface area contributed by atoms with Gasteiger partial charge in [0.15, 0.2) is 5.96 Å². The predicted octanol–water partition coefficient (Wildman–Crippen LogP) is -2.90. The molecule has 1 aromatic carbocycles. The lowest BCUT2D eigenvalue weighted by atomic mass is 10.0. The Balaban J connectivity index is 2.95. The van der Waals surface area contributed by atoms with Crippen molar-refractivity contribution in [2.75, 3.05) is 6.54 Å². The Bertz CT molecular complexity index is 1060. The minimum atomic E-state index is -1.79. The lowest BCUT2D eigenvalue weighted by molar-refractivity contribution is -0.145. The van der Waals surface area contributed by atoms with Crippen LogP contribution in [0.2, 0.25) is 0 Å². The minimum Gasteiger partial charge on any atom is -0.481 e. The monoisotopic (exact) mass is 551 g/mol. The van der Waals surface area contributed by atoms with E-state index in [2.05, 4.69) is 20.9 Å². The average Bonchev–Trinajstić information content (AvgIpc) is 2.84. The van der Waals surface area contributed by atoms with Gasteiger partial charge in [0.2, 0.25) is 17.7 Å². The van der Waals surface area contributed by atoms with Gasteiger partial charge in [-0.3, -0.25) is 29.0 Å². The summed E-state index contributed by atoms with van der Waals surface area (Å²) in [7, 11) is 0. The van der Waals surface area contributed by atoms with Crippen molar-refractivity contribution >= 4 is 41.6 Å². The van der Waals surface area contributed by atoms with Crippen LogP contribution in [0.15, 0.2) is 35.3 Å². The number of aliphatic carboxylic acids is 3. The maximum atomic E-state index is 12.8. The van der Waals surface area contributed by atoms with E-state index in [0.29, 0.717) is 5.56 Å². The van der Waals surface area contributed by atoms with Gasteiger partial charge in [-0.1, -0.05) is 30.3 Å². The summed E-state index contributed by atoms with van der Waals surface area (Å²) in [5.41, 5.74) is 17.0. The van der Waals surface area contributed by atoms with Crippen molar-refractivity contribution in [2.24, 2.45) is 22.2 Å². The third-order valence-corrected chi connectivity index (χ3v) is 5.22. The van der Waals surface area contributed by atoms with E-state index < -0.39 is 72.6 Å². The number of nitrogens with two attached hydrogens (primary N) is 3. The van der Waals surface area contributed by atoms with Gasteiger partial charge in [-0.25, -0.2) is 4.79 Å². The molecule has 214 valence electrons. The molecule has 3 amide bonds. The molecule has 4 atom stereocenters. The van der Waals surface area contributed by atoms with Crippen LogP contribution in [0.3, 0.4) is 0 Å². The van der Waals surface area contributed by atoms with Gasteiger partial charge in [-0.15, -0.1) is 0 Å². The van der Waals surface area contributed by atoms with Crippen LogP contribution in [0.1, 0.15) is 31.2 Å². The number of carbonyl (C=O) groups is 6. The van der Waals surface area contributed by atoms with E-state index in [1.807, 2.05) is 0 Å². The molecule has 4 unspecified atom stereocenters. The number of carboxylic acids is 3. The van der Waals surface area contributed by atoms with Crippen molar-refractivity contribution in [3.8, 4) is 0 Å². The first kappa shape index (κ1) is 32.3.